The second kappa shape index (κ2) is 16.0. The predicted octanol–water partition coefficient (Wildman–Crippen LogP) is 5.72. The second-order valence-electron chi connectivity index (χ2n) is 10.7. The number of anilines is 1. The summed E-state index contributed by atoms with van der Waals surface area (Å²) >= 11 is 5.91. The average Bonchev–Trinajstić information content (AvgIpc) is 2.94. The number of aliphatic hydroxyl groups excluding tert-OH is 1. The van der Waals surface area contributed by atoms with E-state index in [-0.39, 0.29) is 32.3 Å². The van der Waals surface area contributed by atoms with Crippen molar-refractivity contribution in [2.24, 2.45) is 0 Å². The van der Waals surface area contributed by atoms with Gasteiger partial charge in [-0.25, -0.2) is 4.79 Å². The molecule has 0 fully saturated rings. The van der Waals surface area contributed by atoms with Crippen molar-refractivity contribution in [2.45, 2.75) is 45.3 Å². The number of halogens is 1. The van der Waals surface area contributed by atoms with Crippen molar-refractivity contribution in [1.82, 2.24) is 4.90 Å². The highest BCUT2D eigenvalue weighted by Gasteiger charge is 2.24. The minimum atomic E-state index is -0.944. The number of ether oxygens (including phenoxy) is 4. The molecule has 1 atom stereocenters. The van der Waals surface area contributed by atoms with Crippen LogP contribution in [0.4, 0.5) is 10.5 Å². The maximum Gasteiger partial charge on any atom is 0.410 e. The van der Waals surface area contributed by atoms with Crippen molar-refractivity contribution in [2.75, 3.05) is 38.9 Å². The highest BCUT2D eigenvalue weighted by Crippen LogP contribution is 2.19. The van der Waals surface area contributed by atoms with Crippen LogP contribution in [0.5, 0.6) is 11.5 Å². The molecule has 0 aliphatic heterocycles. The van der Waals surface area contributed by atoms with Gasteiger partial charge in [0.25, 0.3) is 0 Å². The van der Waals surface area contributed by atoms with Gasteiger partial charge in [0.2, 0.25) is 5.91 Å². The molecule has 10 heteroatoms. The predicted molar refractivity (Wildman–Crippen MR) is 162 cm³/mol. The summed E-state index contributed by atoms with van der Waals surface area (Å²) in [5.41, 5.74) is 1.82. The lowest BCUT2D eigenvalue weighted by atomic mass is 10.1. The number of aliphatic hydroxyl groups is 1. The van der Waals surface area contributed by atoms with E-state index < -0.39 is 17.8 Å². The fraction of sp³-hybridized carbons (Fsp3) is 0.375. The smallest absolute Gasteiger partial charge is 0.410 e. The average molecular weight is 599 g/mol. The van der Waals surface area contributed by atoms with Gasteiger partial charge in [-0.3, -0.25) is 4.79 Å². The Labute approximate surface area is 252 Å². The first-order chi connectivity index (χ1) is 20.0. The van der Waals surface area contributed by atoms with Crippen molar-refractivity contribution in [3.63, 3.8) is 0 Å². The first kappa shape index (κ1) is 32.7. The Morgan fingerprint density at radius 2 is 1.50 bits per heavy atom. The molecule has 3 aromatic carbocycles. The molecule has 3 rings (SSSR count). The molecule has 0 aromatic heterocycles. The third kappa shape index (κ3) is 12.0. The molecule has 2 N–H and O–H groups in total. The van der Waals surface area contributed by atoms with Gasteiger partial charge in [0, 0.05) is 24.4 Å². The number of nitrogens with zero attached hydrogens (tertiary/aromatic N) is 1. The summed E-state index contributed by atoms with van der Waals surface area (Å²) < 4.78 is 21.5. The third-order valence-electron chi connectivity index (χ3n) is 5.88. The molecule has 0 saturated heterocycles. The number of amides is 2. The Morgan fingerprint density at radius 1 is 0.905 bits per heavy atom. The van der Waals surface area contributed by atoms with Crippen molar-refractivity contribution >= 4 is 29.3 Å². The van der Waals surface area contributed by atoms with Crippen LogP contribution in [0.3, 0.4) is 0 Å². The van der Waals surface area contributed by atoms with Gasteiger partial charge in [-0.2, -0.15) is 0 Å². The van der Waals surface area contributed by atoms with Crippen molar-refractivity contribution < 1.29 is 33.6 Å². The molecular formula is C32H39ClN2O7. The summed E-state index contributed by atoms with van der Waals surface area (Å²) in [4.78, 5) is 26.8. The van der Waals surface area contributed by atoms with Gasteiger partial charge in [0.15, 0.2) is 6.79 Å². The van der Waals surface area contributed by atoms with E-state index in [0.717, 1.165) is 11.1 Å². The summed E-state index contributed by atoms with van der Waals surface area (Å²) in [6.07, 6.45) is -0.703. The number of benzene rings is 3. The number of carbonyl (C=O) groups is 2. The van der Waals surface area contributed by atoms with E-state index >= 15 is 0 Å². The normalized spacial score (nSPS) is 11.9. The van der Waals surface area contributed by atoms with Gasteiger partial charge < -0.3 is 34.3 Å². The third-order valence-corrected chi connectivity index (χ3v) is 6.13. The van der Waals surface area contributed by atoms with E-state index in [1.807, 2.05) is 36.4 Å². The van der Waals surface area contributed by atoms with Crippen LogP contribution in [0.1, 0.15) is 31.9 Å². The number of methoxy groups -OCH3 is 1. The van der Waals surface area contributed by atoms with Gasteiger partial charge in [-0.15, -0.1) is 0 Å². The lowest BCUT2D eigenvalue weighted by molar-refractivity contribution is -0.115. The van der Waals surface area contributed by atoms with Crippen LogP contribution in [0.25, 0.3) is 0 Å². The molecular weight excluding hydrogens is 560 g/mol. The molecule has 0 radical (unpaired) electrons. The molecule has 9 nitrogen and oxygen atoms in total. The molecule has 2 amide bonds. The fourth-order valence-corrected chi connectivity index (χ4v) is 3.98. The summed E-state index contributed by atoms with van der Waals surface area (Å²) in [6, 6.07) is 21.5. The quantitative estimate of drug-likeness (QED) is 0.228. The van der Waals surface area contributed by atoms with Crippen molar-refractivity contribution in [3.8, 4) is 11.5 Å². The van der Waals surface area contributed by atoms with Crippen LogP contribution in [0.2, 0.25) is 5.02 Å². The lowest BCUT2D eigenvalue weighted by Gasteiger charge is -2.29. The molecule has 3 aromatic rings. The molecule has 0 spiro atoms. The standard InChI is InChI=1S/C32H39ClN2O7/c1-32(2,3)42-31(38)35(20-27(36)21-40-28-13-15-29(16-14-28)41-22-39-4)18-17-23-7-11-26(12-8-23)34-30(37)19-24-5-9-25(33)10-6-24/h5-16,27,36H,17-22H2,1-4H3,(H,34,37)/t27-/m0/s1. The highest BCUT2D eigenvalue weighted by molar-refractivity contribution is 6.30. The topological polar surface area (TPSA) is 107 Å². The monoisotopic (exact) mass is 598 g/mol. The van der Waals surface area contributed by atoms with E-state index in [0.29, 0.717) is 35.2 Å². The molecule has 0 unspecified atom stereocenters. The number of hydrogen-bond donors (Lipinski definition) is 2. The Bertz CT molecular complexity index is 1260. The molecule has 0 bridgehead atoms. The molecule has 0 aliphatic carbocycles. The summed E-state index contributed by atoms with van der Waals surface area (Å²) in [6.45, 7) is 5.86. The van der Waals surface area contributed by atoms with Gasteiger partial charge >= 0.3 is 6.09 Å². The zero-order valence-corrected chi connectivity index (χ0v) is 25.2. The number of rotatable bonds is 14. The van der Waals surface area contributed by atoms with Crippen LogP contribution < -0.4 is 14.8 Å². The van der Waals surface area contributed by atoms with E-state index in [9.17, 15) is 14.7 Å². The number of hydrogen-bond acceptors (Lipinski definition) is 7. The minimum Gasteiger partial charge on any atom is -0.491 e. The van der Waals surface area contributed by atoms with Crippen LogP contribution in [-0.2, 0) is 27.1 Å². The van der Waals surface area contributed by atoms with Gasteiger partial charge in [0.1, 0.15) is 29.8 Å². The zero-order chi connectivity index (χ0) is 30.5. The number of carbonyl (C=O) groups excluding carboxylic acids is 2. The maximum absolute atomic E-state index is 12.9. The van der Waals surface area contributed by atoms with Crippen LogP contribution >= 0.6 is 11.6 Å². The van der Waals surface area contributed by atoms with Crippen molar-refractivity contribution in [3.05, 3.63) is 88.9 Å². The molecule has 0 aliphatic rings. The Balaban J connectivity index is 1.53. The van der Waals surface area contributed by atoms with E-state index in [1.165, 1.54) is 4.90 Å². The molecule has 0 heterocycles. The SMILES string of the molecule is COCOc1ccc(OC[C@@H](O)CN(CCc2ccc(NC(=O)Cc3ccc(Cl)cc3)cc2)C(=O)OC(C)(C)C)cc1. The minimum absolute atomic E-state index is 0.0119. The Hall–Kier alpha value is -3.79. The summed E-state index contributed by atoms with van der Waals surface area (Å²) in [5, 5.41) is 14.2. The highest BCUT2D eigenvalue weighted by atomic mass is 35.5. The summed E-state index contributed by atoms with van der Waals surface area (Å²) in [5.74, 6) is 1.06. The van der Waals surface area contributed by atoms with Crippen molar-refractivity contribution in [1.29, 1.82) is 0 Å². The van der Waals surface area contributed by atoms with Gasteiger partial charge in [-0.1, -0.05) is 35.9 Å². The van der Waals surface area contributed by atoms with Gasteiger partial charge in [-0.05, 0) is 86.8 Å². The zero-order valence-electron chi connectivity index (χ0n) is 24.5. The lowest BCUT2D eigenvalue weighted by Crippen LogP contribution is -2.43. The van der Waals surface area contributed by atoms with Crippen LogP contribution in [-0.4, -0.2) is 67.3 Å². The molecule has 226 valence electrons. The fourth-order valence-electron chi connectivity index (χ4n) is 3.85. The molecule has 0 saturated carbocycles. The maximum atomic E-state index is 12.9. The van der Waals surface area contributed by atoms with E-state index in [2.05, 4.69) is 5.32 Å². The van der Waals surface area contributed by atoms with Crippen LogP contribution in [0.15, 0.2) is 72.8 Å². The Kier molecular flexibility index (Phi) is 12.5. The van der Waals surface area contributed by atoms with Crippen LogP contribution in [0, 0.1) is 0 Å². The Morgan fingerprint density at radius 3 is 2.10 bits per heavy atom. The molecule has 42 heavy (non-hydrogen) atoms. The second-order valence-corrected chi connectivity index (χ2v) is 11.1. The van der Waals surface area contributed by atoms with Gasteiger partial charge in [0.05, 0.1) is 13.0 Å². The summed E-state index contributed by atoms with van der Waals surface area (Å²) in [7, 11) is 1.54. The first-order valence-electron chi connectivity index (χ1n) is 13.6. The first-order valence-corrected chi connectivity index (χ1v) is 14.0. The van der Waals surface area contributed by atoms with E-state index in [1.54, 1.807) is 64.3 Å². The number of nitrogens with one attached hydrogen (secondary N) is 1. The largest absolute Gasteiger partial charge is 0.491 e. The van der Waals surface area contributed by atoms with E-state index in [4.69, 9.17) is 30.5 Å².